The fraction of sp³-hybridized carbons (Fsp3) is 0.722. The molecule has 1 saturated heterocycles. The minimum atomic E-state index is -0.732. The highest BCUT2D eigenvalue weighted by molar-refractivity contribution is 5.95. The van der Waals surface area contributed by atoms with Crippen molar-refractivity contribution >= 4 is 11.9 Å². The monoisotopic (exact) mass is 351 g/mol. The van der Waals surface area contributed by atoms with Gasteiger partial charge in [-0.3, -0.25) is 14.3 Å². The number of carbonyl (C=O) groups is 2. The first kappa shape index (κ1) is 19.4. The first-order chi connectivity index (χ1) is 12.1. The molecule has 0 saturated carbocycles. The van der Waals surface area contributed by atoms with E-state index in [2.05, 4.69) is 10.4 Å². The van der Waals surface area contributed by atoms with E-state index in [4.69, 9.17) is 9.84 Å². The maximum atomic E-state index is 12.3. The van der Waals surface area contributed by atoms with Crippen LogP contribution in [0, 0.1) is 6.92 Å². The summed E-state index contributed by atoms with van der Waals surface area (Å²) in [5, 5.41) is 15.9. The van der Waals surface area contributed by atoms with Crippen LogP contribution in [-0.2, 0) is 9.53 Å². The Balaban J connectivity index is 1.67. The van der Waals surface area contributed by atoms with Crippen LogP contribution in [0.2, 0.25) is 0 Å². The van der Waals surface area contributed by atoms with E-state index in [1.54, 1.807) is 6.20 Å². The van der Waals surface area contributed by atoms with Crippen molar-refractivity contribution in [3.8, 4) is 0 Å². The molecular formula is C18H29N3O4. The first-order valence-corrected chi connectivity index (χ1v) is 9.21. The van der Waals surface area contributed by atoms with E-state index in [1.807, 2.05) is 11.6 Å². The summed E-state index contributed by atoms with van der Waals surface area (Å²) < 4.78 is 7.34. The van der Waals surface area contributed by atoms with Gasteiger partial charge in [0.2, 0.25) is 0 Å². The Morgan fingerprint density at radius 2 is 1.92 bits per heavy atom. The predicted octanol–water partition coefficient (Wildman–Crippen LogP) is 2.70. The topological polar surface area (TPSA) is 93.5 Å². The lowest BCUT2D eigenvalue weighted by molar-refractivity contribution is -0.137. The zero-order valence-electron chi connectivity index (χ0n) is 15.0. The number of aromatic nitrogens is 2. The number of amides is 1. The number of carboxylic acid groups (broad SMARTS) is 1. The molecule has 2 N–H and O–H groups in total. The molecule has 1 aromatic rings. The van der Waals surface area contributed by atoms with Gasteiger partial charge < -0.3 is 15.2 Å². The van der Waals surface area contributed by atoms with E-state index in [0.717, 1.165) is 63.9 Å². The number of carboxylic acids is 1. The van der Waals surface area contributed by atoms with E-state index in [-0.39, 0.29) is 12.3 Å². The second-order valence-corrected chi connectivity index (χ2v) is 6.60. The van der Waals surface area contributed by atoms with Crippen LogP contribution in [0.25, 0.3) is 0 Å². The van der Waals surface area contributed by atoms with Gasteiger partial charge in [-0.1, -0.05) is 19.3 Å². The second kappa shape index (κ2) is 10.2. The average Bonchev–Trinajstić information content (AvgIpc) is 2.99. The van der Waals surface area contributed by atoms with E-state index in [9.17, 15) is 9.59 Å². The summed E-state index contributed by atoms with van der Waals surface area (Å²) in [6.07, 6.45) is 8.34. The zero-order chi connectivity index (χ0) is 18.1. The standard InChI is InChI=1S/C18H29N3O4/c1-14-16(13-20-21(14)15-8-11-25-12-9-15)18(24)19-10-6-4-2-3-5-7-17(22)23/h13,15H,2-12H2,1H3,(H,19,24)(H,22,23). The summed E-state index contributed by atoms with van der Waals surface area (Å²) in [7, 11) is 0. The van der Waals surface area contributed by atoms with Crippen molar-refractivity contribution in [2.75, 3.05) is 19.8 Å². The minimum absolute atomic E-state index is 0.0679. The fourth-order valence-corrected chi connectivity index (χ4v) is 3.17. The highest BCUT2D eigenvalue weighted by Gasteiger charge is 2.21. The Kier molecular flexibility index (Phi) is 7.91. The van der Waals surface area contributed by atoms with Gasteiger partial charge >= 0.3 is 5.97 Å². The number of hydrogen-bond acceptors (Lipinski definition) is 4. The van der Waals surface area contributed by atoms with E-state index < -0.39 is 5.97 Å². The molecule has 7 heteroatoms. The highest BCUT2D eigenvalue weighted by atomic mass is 16.5. The van der Waals surface area contributed by atoms with Crippen LogP contribution in [0.5, 0.6) is 0 Å². The summed E-state index contributed by atoms with van der Waals surface area (Å²) in [5.41, 5.74) is 1.56. The van der Waals surface area contributed by atoms with Crippen LogP contribution in [0.1, 0.15) is 73.5 Å². The van der Waals surface area contributed by atoms with Crippen LogP contribution in [0.3, 0.4) is 0 Å². The van der Waals surface area contributed by atoms with Crippen molar-refractivity contribution < 1.29 is 19.4 Å². The molecule has 0 radical (unpaired) electrons. The highest BCUT2D eigenvalue weighted by Crippen LogP contribution is 2.23. The summed E-state index contributed by atoms with van der Waals surface area (Å²) >= 11 is 0. The lowest BCUT2D eigenvalue weighted by atomic mass is 10.1. The number of hydrogen-bond donors (Lipinski definition) is 2. The number of nitrogens with zero attached hydrogens (tertiary/aromatic N) is 2. The Hall–Kier alpha value is -1.89. The summed E-state index contributed by atoms with van der Waals surface area (Å²) in [6.45, 7) is 4.08. The number of unbranched alkanes of at least 4 members (excludes halogenated alkanes) is 4. The third-order valence-corrected chi connectivity index (χ3v) is 4.68. The molecule has 1 amide bonds. The minimum Gasteiger partial charge on any atom is -0.481 e. The maximum absolute atomic E-state index is 12.3. The molecule has 0 atom stereocenters. The van der Waals surface area contributed by atoms with Crippen LogP contribution >= 0.6 is 0 Å². The molecule has 140 valence electrons. The van der Waals surface area contributed by atoms with Gasteiger partial charge in [0.05, 0.1) is 17.8 Å². The lowest BCUT2D eigenvalue weighted by Gasteiger charge is -2.23. The van der Waals surface area contributed by atoms with Gasteiger partial charge in [0.15, 0.2) is 0 Å². The van der Waals surface area contributed by atoms with Crippen molar-refractivity contribution in [3.05, 3.63) is 17.5 Å². The van der Waals surface area contributed by atoms with Gasteiger partial charge in [-0.2, -0.15) is 5.10 Å². The van der Waals surface area contributed by atoms with Crippen LogP contribution in [0.15, 0.2) is 6.20 Å². The van der Waals surface area contributed by atoms with Gasteiger partial charge in [0, 0.05) is 31.9 Å². The third kappa shape index (κ3) is 6.16. The van der Waals surface area contributed by atoms with Crippen molar-refractivity contribution in [2.45, 2.75) is 64.3 Å². The molecule has 2 heterocycles. The molecule has 7 nitrogen and oxygen atoms in total. The Morgan fingerprint density at radius 3 is 2.64 bits per heavy atom. The molecule has 1 fully saturated rings. The van der Waals surface area contributed by atoms with E-state index in [0.29, 0.717) is 18.2 Å². The van der Waals surface area contributed by atoms with Gasteiger partial charge in [0.25, 0.3) is 5.91 Å². The van der Waals surface area contributed by atoms with Crippen molar-refractivity contribution in [2.24, 2.45) is 0 Å². The van der Waals surface area contributed by atoms with Crippen molar-refractivity contribution in [1.29, 1.82) is 0 Å². The molecule has 0 aromatic carbocycles. The normalized spacial score (nSPS) is 15.2. The molecule has 0 aliphatic carbocycles. The molecule has 2 rings (SSSR count). The van der Waals surface area contributed by atoms with Crippen LogP contribution in [0.4, 0.5) is 0 Å². The smallest absolute Gasteiger partial charge is 0.303 e. The van der Waals surface area contributed by atoms with Crippen molar-refractivity contribution in [3.63, 3.8) is 0 Å². The van der Waals surface area contributed by atoms with Gasteiger partial charge in [-0.15, -0.1) is 0 Å². The second-order valence-electron chi connectivity index (χ2n) is 6.60. The lowest BCUT2D eigenvalue weighted by Crippen LogP contribution is -2.26. The van der Waals surface area contributed by atoms with Gasteiger partial charge in [0.1, 0.15) is 0 Å². The molecular weight excluding hydrogens is 322 g/mol. The zero-order valence-corrected chi connectivity index (χ0v) is 15.0. The van der Waals surface area contributed by atoms with E-state index >= 15 is 0 Å². The summed E-state index contributed by atoms with van der Waals surface area (Å²) in [6, 6.07) is 0.320. The van der Waals surface area contributed by atoms with Crippen molar-refractivity contribution in [1.82, 2.24) is 15.1 Å². The molecule has 1 aliphatic heterocycles. The predicted molar refractivity (Wildman–Crippen MR) is 93.7 cm³/mol. The Labute approximate surface area is 148 Å². The van der Waals surface area contributed by atoms with Gasteiger partial charge in [-0.05, 0) is 32.6 Å². The average molecular weight is 351 g/mol. The Morgan fingerprint density at radius 1 is 1.24 bits per heavy atom. The summed E-state index contributed by atoms with van der Waals surface area (Å²) in [5.74, 6) is -0.800. The molecule has 25 heavy (non-hydrogen) atoms. The SMILES string of the molecule is Cc1c(C(=O)NCCCCCCCC(=O)O)cnn1C1CCOCC1. The van der Waals surface area contributed by atoms with Crippen LogP contribution in [-0.4, -0.2) is 46.5 Å². The third-order valence-electron chi connectivity index (χ3n) is 4.68. The van der Waals surface area contributed by atoms with Crippen LogP contribution < -0.4 is 5.32 Å². The Bertz CT molecular complexity index is 565. The molecule has 0 spiro atoms. The number of aliphatic carboxylic acids is 1. The largest absolute Gasteiger partial charge is 0.481 e. The fourth-order valence-electron chi connectivity index (χ4n) is 3.17. The van der Waals surface area contributed by atoms with Gasteiger partial charge in [-0.25, -0.2) is 0 Å². The molecule has 0 bridgehead atoms. The molecule has 0 unspecified atom stereocenters. The van der Waals surface area contributed by atoms with E-state index in [1.165, 1.54) is 0 Å². The first-order valence-electron chi connectivity index (χ1n) is 9.21. The molecule has 1 aliphatic rings. The maximum Gasteiger partial charge on any atom is 0.303 e. The number of ether oxygens (including phenoxy) is 1. The molecule has 1 aromatic heterocycles. The number of carbonyl (C=O) groups excluding carboxylic acids is 1. The number of rotatable bonds is 10. The number of nitrogens with one attached hydrogen (secondary N) is 1. The summed E-state index contributed by atoms with van der Waals surface area (Å²) in [4.78, 5) is 22.7. The quantitative estimate of drug-likeness (QED) is 0.632.